The van der Waals surface area contributed by atoms with E-state index >= 15 is 0 Å². The first-order valence-electron chi connectivity index (χ1n) is 18.6. The van der Waals surface area contributed by atoms with E-state index in [0.29, 0.717) is 17.5 Å². The highest BCUT2D eigenvalue weighted by molar-refractivity contribution is 6.16. The van der Waals surface area contributed by atoms with Crippen molar-refractivity contribution in [2.75, 3.05) is 0 Å². The Morgan fingerprint density at radius 3 is 1.98 bits per heavy atom. The molecule has 9 rings (SSSR count). The van der Waals surface area contributed by atoms with Gasteiger partial charge in [-0.05, 0) is 90.6 Å². The molecule has 6 aromatic carbocycles. The van der Waals surface area contributed by atoms with Crippen LogP contribution in [0, 0.1) is 20.8 Å². The highest BCUT2D eigenvalue weighted by Gasteiger charge is 2.32. The summed E-state index contributed by atoms with van der Waals surface area (Å²) in [5.41, 5.74) is 10.9. The maximum Gasteiger partial charge on any atom is 0.416 e. The largest absolute Gasteiger partial charge is 0.416 e. The van der Waals surface area contributed by atoms with Crippen LogP contribution in [0.5, 0.6) is 0 Å². The molecule has 0 saturated carbocycles. The van der Waals surface area contributed by atoms with E-state index in [2.05, 4.69) is 85.3 Å². The number of benzene rings is 6. The molecule has 0 bridgehead atoms. The summed E-state index contributed by atoms with van der Waals surface area (Å²) in [5, 5.41) is 7.30. The van der Waals surface area contributed by atoms with Crippen LogP contribution in [0.4, 0.5) is 13.2 Å². The van der Waals surface area contributed by atoms with Crippen molar-refractivity contribution in [2.45, 2.75) is 33.4 Å². The lowest BCUT2D eigenvalue weighted by molar-refractivity contribution is -0.0884. The normalized spacial score (nSPS) is 16.4. The van der Waals surface area contributed by atoms with Gasteiger partial charge in [-0.25, -0.2) is 9.98 Å². The molecule has 2 heterocycles. The number of aliphatic imine (C=N–C) groups is 2. The second-order valence-corrected chi connectivity index (χ2v) is 14.4. The van der Waals surface area contributed by atoms with E-state index in [0.717, 1.165) is 66.3 Å². The van der Waals surface area contributed by atoms with Gasteiger partial charge in [-0.2, -0.15) is 13.2 Å². The Morgan fingerprint density at radius 1 is 0.607 bits per heavy atom. The van der Waals surface area contributed by atoms with Crippen molar-refractivity contribution in [1.82, 2.24) is 9.88 Å². The van der Waals surface area contributed by atoms with Gasteiger partial charge in [0, 0.05) is 32.8 Å². The number of amidine groups is 2. The van der Waals surface area contributed by atoms with Gasteiger partial charge in [0.2, 0.25) is 0 Å². The summed E-state index contributed by atoms with van der Waals surface area (Å²) in [6.07, 6.45) is -0.306. The number of fused-ring (bicyclic) bond motifs is 3. The van der Waals surface area contributed by atoms with E-state index in [1.165, 1.54) is 28.3 Å². The molecule has 0 unspecified atom stereocenters. The minimum Gasteiger partial charge on any atom is -0.324 e. The van der Waals surface area contributed by atoms with Gasteiger partial charge in [-0.3, -0.25) is 0 Å². The predicted molar refractivity (Wildman–Crippen MR) is 223 cm³/mol. The van der Waals surface area contributed by atoms with Crippen molar-refractivity contribution >= 4 is 44.9 Å². The van der Waals surface area contributed by atoms with Crippen molar-refractivity contribution < 1.29 is 13.2 Å². The first kappa shape index (κ1) is 35.0. The molecule has 7 aromatic rings. The molecular formula is C49H37F3N4. The first-order valence-corrected chi connectivity index (χ1v) is 18.6. The van der Waals surface area contributed by atoms with Gasteiger partial charge >= 0.3 is 6.18 Å². The lowest BCUT2D eigenvalue weighted by Gasteiger charge is -2.19. The third kappa shape index (κ3) is 6.35. The smallest absolute Gasteiger partial charge is 0.324 e. The van der Waals surface area contributed by atoms with Crippen LogP contribution in [-0.4, -0.2) is 22.4 Å². The SMILES string of the molecule is Cc1cc(C)c(-c2ccc3c(c2)c2ccccc2n3-c2ccc(=C3C=CC(C(F)(F)F)=CC3)c(=C3N=C(c4ccccc4)N=C(c4ccccc4)N3)c2)c(C)c1. The van der Waals surface area contributed by atoms with Crippen LogP contribution in [0.2, 0.25) is 0 Å². The zero-order chi connectivity index (χ0) is 38.6. The number of halogens is 3. The van der Waals surface area contributed by atoms with E-state index in [1.807, 2.05) is 78.9 Å². The van der Waals surface area contributed by atoms with Crippen LogP contribution >= 0.6 is 0 Å². The molecule has 0 saturated heterocycles. The molecule has 0 fully saturated rings. The summed E-state index contributed by atoms with van der Waals surface area (Å²) in [5.74, 6) is 1.71. The molecule has 0 atom stereocenters. The summed E-state index contributed by atoms with van der Waals surface area (Å²) in [4.78, 5) is 10.1. The second kappa shape index (κ2) is 13.8. The van der Waals surface area contributed by atoms with Gasteiger partial charge < -0.3 is 9.88 Å². The van der Waals surface area contributed by atoms with Crippen molar-refractivity contribution in [1.29, 1.82) is 0 Å². The highest BCUT2D eigenvalue weighted by Crippen LogP contribution is 2.37. The average molecular weight is 739 g/mol. The van der Waals surface area contributed by atoms with Crippen molar-refractivity contribution in [3.05, 3.63) is 196 Å². The van der Waals surface area contributed by atoms with Crippen LogP contribution in [0.25, 0.3) is 50.0 Å². The molecule has 0 spiro atoms. The van der Waals surface area contributed by atoms with Crippen LogP contribution < -0.4 is 15.8 Å². The van der Waals surface area contributed by atoms with E-state index in [-0.39, 0.29) is 6.42 Å². The van der Waals surface area contributed by atoms with Gasteiger partial charge in [0.05, 0.1) is 16.6 Å². The fourth-order valence-corrected chi connectivity index (χ4v) is 8.13. The summed E-state index contributed by atoms with van der Waals surface area (Å²) in [6, 6.07) is 45.3. The summed E-state index contributed by atoms with van der Waals surface area (Å²) < 4.78 is 43.4. The van der Waals surface area contributed by atoms with Crippen LogP contribution in [0.15, 0.2) is 167 Å². The standard InChI is InChI=1S/C49H37F3N4/c1-30-26-31(2)45(32(3)27-30)36-20-25-44-41(28-36)40-16-10-11-17-43(40)56(44)38-23-24-39(33-18-21-37(22-19-33)49(50,51)52)42(29-38)48-54-46(34-12-6-4-7-13-34)53-47(55-48)35-14-8-5-9-15-35/h4-18,20-29H,19H2,1-3H3,(H,53,54,55). The van der Waals surface area contributed by atoms with Crippen LogP contribution in [0.3, 0.4) is 0 Å². The second-order valence-electron chi connectivity index (χ2n) is 14.4. The van der Waals surface area contributed by atoms with Crippen molar-refractivity contribution in [2.24, 2.45) is 9.98 Å². The summed E-state index contributed by atoms with van der Waals surface area (Å²) >= 11 is 0. The topological polar surface area (TPSA) is 41.7 Å². The fraction of sp³-hybridized carbons (Fsp3) is 0.102. The lowest BCUT2D eigenvalue weighted by Crippen LogP contribution is -2.38. The number of allylic oxidation sites excluding steroid dienone is 4. The number of aromatic nitrogens is 1. The van der Waals surface area contributed by atoms with E-state index < -0.39 is 11.7 Å². The molecule has 1 aliphatic carbocycles. The third-order valence-electron chi connectivity index (χ3n) is 10.6. The number of hydrogen-bond donors (Lipinski definition) is 1. The minimum atomic E-state index is -4.42. The number of hydrogen-bond acceptors (Lipinski definition) is 3. The Morgan fingerprint density at radius 2 is 1.29 bits per heavy atom. The molecule has 0 amide bonds. The molecular weight excluding hydrogens is 702 g/mol. The average Bonchev–Trinajstić information content (AvgIpc) is 3.54. The van der Waals surface area contributed by atoms with Crippen LogP contribution in [0.1, 0.15) is 34.2 Å². The molecule has 7 heteroatoms. The molecule has 4 nitrogen and oxygen atoms in total. The number of nitrogens with one attached hydrogen (secondary N) is 1. The number of rotatable bonds is 4. The van der Waals surface area contributed by atoms with E-state index in [1.54, 1.807) is 6.08 Å². The Balaban J connectivity index is 1.31. The Bertz CT molecular complexity index is 2940. The summed E-state index contributed by atoms with van der Waals surface area (Å²) in [6.45, 7) is 6.47. The van der Waals surface area contributed by atoms with Crippen molar-refractivity contribution in [3.63, 3.8) is 0 Å². The summed E-state index contributed by atoms with van der Waals surface area (Å²) in [7, 11) is 0. The Kier molecular flexibility index (Phi) is 8.65. The quantitative estimate of drug-likeness (QED) is 0.192. The lowest BCUT2D eigenvalue weighted by atomic mass is 9.93. The number of para-hydroxylation sites is 1. The molecule has 1 N–H and O–H groups in total. The minimum absolute atomic E-state index is 0.121. The zero-order valence-electron chi connectivity index (χ0n) is 31.1. The molecule has 0 radical (unpaired) electrons. The molecule has 274 valence electrons. The predicted octanol–water partition coefficient (Wildman–Crippen LogP) is 10.5. The Labute approximate surface area is 322 Å². The number of alkyl halides is 3. The van der Waals surface area contributed by atoms with Gasteiger partial charge in [-0.1, -0.05) is 127 Å². The monoisotopic (exact) mass is 738 g/mol. The Hall–Kier alpha value is -6.73. The molecule has 1 aliphatic heterocycles. The van der Waals surface area contributed by atoms with Crippen LogP contribution in [-0.2, 0) is 0 Å². The highest BCUT2D eigenvalue weighted by atomic mass is 19.4. The van der Waals surface area contributed by atoms with Gasteiger partial charge in [0.1, 0.15) is 11.7 Å². The number of aryl methyl sites for hydroxylation is 3. The molecule has 2 aliphatic rings. The van der Waals surface area contributed by atoms with Gasteiger partial charge in [0.15, 0.2) is 5.84 Å². The van der Waals surface area contributed by atoms with Crippen molar-refractivity contribution in [3.8, 4) is 16.8 Å². The molecule has 56 heavy (non-hydrogen) atoms. The number of nitrogens with zero attached hydrogens (tertiary/aromatic N) is 3. The van der Waals surface area contributed by atoms with Gasteiger partial charge in [0.25, 0.3) is 0 Å². The fourth-order valence-electron chi connectivity index (χ4n) is 8.13. The molecule has 1 aromatic heterocycles. The van der Waals surface area contributed by atoms with E-state index in [9.17, 15) is 13.2 Å². The van der Waals surface area contributed by atoms with E-state index in [4.69, 9.17) is 9.98 Å². The van der Waals surface area contributed by atoms with Gasteiger partial charge in [-0.15, -0.1) is 0 Å². The zero-order valence-corrected chi connectivity index (χ0v) is 31.1. The maximum absolute atomic E-state index is 13.7. The third-order valence-corrected chi connectivity index (χ3v) is 10.6. The maximum atomic E-state index is 13.7. The first-order chi connectivity index (χ1) is 27.1.